The third-order valence-electron chi connectivity index (χ3n) is 2.23. The van der Waals surface area contributed by atoms with E-state index in [0.717, 1.165) is 9.83 Å². The SMILES string of the molecule is CS(=O)(=O)CCC(N)C(=O)Nc1cccc(I)c1.Cl. The zero-order chi connectivity index (χ0) is 13.8. The van der Waals surface area contributed by atoms with Crippen molar-refractivity contribution in [3.05, 3.63) is 27.8 Å². The summed E-state index contributed by atoms with van der Waals surface area (Å²) in [4.78, 5) is 11.7. The molecule has 0 aliphatic heterocycles. The molecule has 0 aromatic heterocycles. The molecule has 1 aromatic carbocycles. The van der Waals surface area contributed by atoms with E-state index >= 15 is 0 Å². The Morgan fingerprint density at radius 3 is 2.63 bits per heavy atom. The van der Waals surface area contributed by atoms with Gasteiger partial charge in [-0.2, -0.15) is 0 Å². The minimum absolute atomic E-state index is 0. The zero-order valence-electron chi connectivity index (χ0n) is 10.3. The van der Waals surface area contributed by atoms with Crippen molar-refractivity contribution >= 4 is 56.4 Å². The highest BCUT2D eigenvalue weighted by atomic mass is 127. The second-order valence-electron chi connectivity index (χ2n) is 4.02. The van der Waals surface area contributed by atoms with E-state index in [2.05, 4.69) is 27.9 Å². The molecule has 0 fully saturated rings. The number of nitrogens with one attached hydrogen (secondary N) is 1. The van der Waals surface area contributed by atoms with Crippen molar-refractivity contribution in [1.29, 1.82) is 0 Å². The van der Waals surface area contributed by atoms with E-state index < -0.39 is 15.9 Å². The first-order valence-electron chi connectivity index (χ1n) is 5.27. The lowest BCUT2D eigenvalue weighted by Crippen LogP contribution is -2.37. The van der Waals surface area contributed by atoms with Crippen LogP contribution < -0.4 is 11.1 Å². The van der Waals surface area contributed by atoms with Gasteiger partial charge in [0.15, 0.2) is 0 Å². The lowest BCUT2D eigenvalue weighted by atomic mass is 10.2. The van der Waals surface area contributed by atoms with Gasteiger partial charge in [0.05, 0.1) is 11.8 Å². The van der Waals surface area contributed by atoms with Crippen LogP contribution in [0.4, 0.5) is 5.69 Å². The Hall–Kier alpha value is -0.380. The molecule has 8 heteroatoms. The van der Waals surface area contributed by atoms with Gasteiger partial charge in [-0.15, -0.1) is 12.4 Å². The number of amides is 1. The van der Waals surface area contributed by atoms with Crippen LogP contribution in [0.1, 0.15) is 6.42 Å². The molecule has 1 aromatic rings. The van der Waals surface area contributed by atoms with Gasteiger partial charge in [0.2, 0.25) is 5.91 Å². The monoisotopic (exact) mass is 418 g/mol. The molecule has 5 nitrogen and oxygen atoms in total. The Balaban J connectivity index is 0.00000324. The Bertz CT molecular complexity index is 536. The summed E-state index contributed by atoms with van der Waals surface area (Å²) in [5, 5.41) is 2.66. The smallest absolute Gasteiger partial charge is 0.241 e. The molecule has 0 heterocycles. The predicted molar refractivity (Wildman–Crippen MR) is 87.3 cm³/mol. The maximum Gasteiger partial charge on any atom is 0.241 e. The fourth-order valence-electron chi connectivity index (χ4n) is 1.27. The number of anilines is 1. The van der Waals surface area contributed by atoms with E-state index in [0.29, 0.717) is 5.69 Å². The normalized spacial score (nSPS) is 12.4. The summed E-state index contributed by atoms with van der Waals surface area (Å²) >= 11 is 2.13. The van der Waals surface area contributed by atoms with Crippen LogP contribution in [0.3, 0.4) is 0 Å². The second kappa shape index (κ2) is 8.03. The molecular weight excluding hydrogens is 403 g/mol. The third-order valence-corrected chi connectivity index (χ3v) is 3.88. The quantitative estimate of drug-likeness (QED) is 0.708. The largest absolute Gasteiger partial charge is 0.325 e. The molecule has 1 amide bonds. The van der Waals surface area contributed by atoms with Gasteiger partial charge < -0.3 is 11.1 Å². The number of sulfone groups is 1. The zero-order valence-corrected chi connectivity index (χ0v) is 14.1. The molecule has 0 aliphatic carbocycles. The molecule has 0 saturated carbocycles. The van der Waals surface area contributed by atoms with Gasteiger partial charge in [-0.1, -0.05) is 6.07 Å². The maximum absolute atomic E-state index is 11.7. The van der Waals surface area contributed by atoms with Gasteiger partial charge in [-0.05, 0) is 47.2 Å². The number of nitrogens with two attached hydrogens (primary N) is 1. The van der Waals surface area contributed by atoms with Crippen LogP contribution in [0, 0.1) is 3.57 Å². The summed E-state index contributed by atoms with van der Waals surface area (Å²) in [6.07, 6.45) is 1.24. The van der Waals surface area contributed by atoms with Crippen LogP contribution in [0.5, 0.6) is 0 Å². The van der Waals surface area contributed by atoms with Crippen LogP contribution in [0.2, 0.25) is 0 Å². The van der Waals surface area contributed by atoms with Crippen LogP contribution in [-0.2, 0) is 14.6 Å². The van der Waals surface area contributed by atoms with Crippen molar-refractivity contribution in [3.63, 3.8) is 0 Å². The standard InChI is InChI=1S/C11H15IN2O3S.ClH/c1-18(16,17)6-5-10(13)11(15)14-9-4-2-3-8(12)7-9;/h2-4,7,10H,5-6,13H2,1H3,(H,14,15);1H. The number of benzene rings is 1. The molecule has 1 unspecified atom stereocenters. The number of rotatable bonds is 5. The molecule has 108 valence electrons. The molecular formula is C11H16ClIN2O3S. The van der Waals surface area contributed by atoms with Crippen molar-refractivity contribution in [3.8, 4) is 0 Å². The van der Waals surface area contributed by atoms with Crippen molar-refractivity contribution < 1.29 is 13.2 Å². The van der Waals surface area contributed by atoms with Gasteiger partial charge in [0, 0.05) is 15.5 Å². The first kappa shape index (κ1) is 18.6. The summed E-state index contributed by atoms with van der Waals surface area (Å²) in [6.45, 7) is 0. The van der Waals surface area contributed by atoms with E-state index in [1.165, 1.54) is 0 Å². The molecule has 0 bridgehead atoms. The fraction of sp³-hybridized carbons (Fsp3) is 0.364. The lowest BCUT2D eigenvalue weighted by Gasteiger charge is -2.11. The van der Waals surface area contributed by atoms with E-state index in [4.69, 9.17) is 5.73 Å². The van der Waals surface area contributed by atoms with Gasteiger partial charge in [-0.25, -0.2) is 8.42 Å². The molecule has 19 heavy (non-hydrogen) atoms. The van der Waals surface area contributed by atoms with Gasteiger partial charge in [0.25, 0.3) is 0 Å². The maximum atomic E-state index is 11.7. The number of halogens is 2. The topological polar surface area (TPSA) is 89.3 Å². The number of hydrogen-bond acceptors (Lipinski definition) is 4. The van der Waals surface area contributed by atoms with Crippen LogP contribution in [0.15, 0.2) is 24.3 Å². The molecule has 0 radical (unpaired) electrons. The van der Waals surface area contributed by atoms with Gasteiger partial charge >= 0.3 is 0 Å². The lowest BCUT2D eigenvalue weighted by molar-refractivity contribution is -0.117. The Kier molecular flexibility index (Phi) is 7.87. The molecule has 3 N–H and O–H groups in total. The van der Waals surface area contributed by atoms with Crippen molar-refractivity contribution in [1.82, 2.24) is 0 Å². The summed E-state index contributed by atoms with van der Waals surface area (Å²) in [6, 6.07) is 6.46. The second-order valence-corrected chi connectivity index (χ2v) is 7.53. The average Bonchev–Trinajstić information content (AvgIpc) is 2.24. The number of carbonyl (C=O) groups excluding carboxylic acids is 1. The number of carbonyl (C=O) groups is 1. The Labute approximate surface area is 132 Å². The minimum Gasteiger partial charge on any atom is -0.325 e. The van der Waals surface area contributed by atoms with E-state index in [1.54, 1.807) is 6.07 Å². The van der Waals surface area contributed by atoms with Crippen LogP contribution in [0.25, 0.3) is 0 Å². The summed E-state index contributed by atoms with van der Waals surface area (Å²) in [5.74, 6) is -0.464. The molecule has 0 spiro atoms. The van der Waals surface area contributed by atoms with Crippen LogP contribution >= 0.6 is 35.0 Å². The summed E-state index contributed by atoms with van der Waals surface area (Å²) in [7, 11) is -3.09. The van der Waals surface area contributed by atoms with E-state index in [9.17, 15) is 13.2 Å². The molecule has 0 aliphatic rings. The highest BCUT2D eigenvalue weighted by Crippen LogP contribution is 2.12. The third kappa shape index (κ3) is 7.71. The number of hydrogen-bond donors (Lipinski definition) is 2. The fourth-order valence-corrected chi connectivity index (χ4v) is 2.50. The Morgan fingerprint density at radius 2 is 2.11 bits per heavy atom. The molecule has 1 rings (SSSR count). The highest BCUT2D eigenvalue weighted by molar-refractivity contribution is 14.1. The first-order chi connectivity index (χ1) is 8.28. The highest BCUT2D eigenvalue weighted by Gasteiger charge is 2.16. The van der Waals surface area contributed by atoms with Gasteiger partial charge in [0.1, 0.15) is 9.84 Å². The van der Waals surface area contributed by atoms with E-state index in [1.807, 2.05) is 18.2 Å². The van der Waals surface area contributed by atoms with Gasteiger partial charge in [-0.3, -0.25) is 4.79 Å². The Morgan fingerprint density at radius 1 is 1.47 bits per heavy atom. The molecule has 0 saturated heterocycles. The first-order valence-corrected chi connectivity index (χ1v) is 8.41. The van der Waals surface area contributed by atoms with Crippen molar-refractivity contribution in [2.24, 2.45) is 5.73 Å². The van der Waals surface area contributed by atoms with Crippen molar-refractivity contribution in [2.45, 2.75) is 12.5 Å². The van der Waals surface area contributed by atoms with Crippen molar-refractivity contribution in [2.75, 3.05) is 17.3 Å². The minimum atomic E-state index is -3.09. The average molecular weight is 419 g/mol. The van der Waals surface area contributed by atoms with E-state index in [-0.39, 0.29) is 30.5 Å². The summed E-state index contributed by atoms with van der Waals surface area (Å²) in [5.41, 5.74) is 6.29. The van der Waals surface area contributed by atoms with Crippen LogP contribution in [-0.4, -0.2) is 32.4 Å². The predicted octanol–water partition coefficient (Wildman–Crippen LogP) is 1.41. The molecule has 1 atom stereocenters. The summed E-state index contributed by atoms with van der Waals surface area (Å²) < 4.78 is 22.9.